The van der Waals surface area contributed by atoms with E-state index in [1.807, 2.05) is 60.7 Å². The van der Waals surface area contributed by atoms with E-state index in [0.29, 0.717) is 12.1 Å². The van der Waals surface area contributed by atoms with Crippen molar-refractivity contribution in [3.8, 4) is 5.75 Å². The standard InChI is InChI=1S/C26H30N4O3.2ClH/c1-32-17-25(31)30(22-6-8-23(9-7-22)33-24-10-12-29-13-11-24)16-18-2-3-19-4-5-20(26(27)28)15-21(19)14-18;;/h2-9,14-15,24,29H,10-13,16-17H2,1H3,(H3,27,28);2*1H. The molecule has 1 heterocycles. The number of carbonyl (C=O) groups is 1. The summed E-state index contributed by atoms with van der Waals surface area (Å²) in [5.41, 5.74) is 8.08. The molecule has 1 aliphatic heterocycles. The van der Waals surface area contributed by atoms with Gasteiger partial charge in [-0.05, 0) is 78.7 Å². The number of hydrogen-bond acceptors (Lipinski definition) is 5. The molecule has 0 radical (unpaired) electrons. The molecule has 0 unspecified atom stereocenters. The van der Waals surface area contributed by atoms with Crippen LogP contribution in [0, 0.1) is 5.41 Å². The molecule has 1 amide bonds. The lowest BCUT2D eigenvalue weighted by Crippen LogP contribution is -2.34. The van der Waals surface area contributed by atoms with Crippen LogP contribution in [0.2, 0.25) is 0 Å². The SMILES string of the molecule is COCC(=O)N(Cc1ccc2ccc(C(=N)N)cc2c1)c1ccc(OC2CCNCC2)cc1.Cl.Cl. The Balaban J connectivity index is 0.00000216. The Labute approximate surface area is 218 Å². The summed E-state index contributed by atoms with van der Waals surface area (Å²) < 4.78 is 11.2. The molecule has 0 aromatic heterocycles. The van der Waals surface area contributed by atoms with Crippen LogP contribution < -0.4 is 20.7 Å². The smallest absolute Gasteiger partial charge is 0.253 e. The largest absolute Gasteiger partial charge is 0.490 e. The van der Waals surface area contributed by atoms with E-state index in [1.54, 1.807) is 4.90 Å². The molecule has 4 rings (SSSR count). The maximum Gasteiger partial charge on any atom is 0.253 e. The average Bonchev–Trinajstić information content (AvgIpc) is 2.83. The molecular formula is C26H32Cl2N4O3. The molecule has 0 aliphatic carbocycles. The molecule has 188 valence electrons. The fourth-order valence-electron chi connectivity index (χ4n) is 4.08. The Kier molecular flexibility index (Phi) is 10.8. The molecule has 3 aromatic carbocycles. The number of nitrogens with two attached hydrogens (primary N) is 1. The summed E-state index contributed by atoms with van der Waals surface area (Å²) >= 11 is 0. The lowest BCUT2D eigenvalue weighted by molar-refractivity contribution is -0.122. The van der Waals surface area contributed by atoms with Crippen molar-refractivity contribution in [1.29, 1.82) is 5.41 Å². The van der Waals surface area contributed by atoms with Gasteiger partial charge in [0.2, 0.25) is 0 Å². The van der Waals surface area contributed by atoms with Crippen LogP contribution >= 0.6 is 24.8 Å². The van der Waals surface area contributed by atoms with Crippen molar-refractivity contribution in [1.82, 2.24) is 5.32 Å². The van der Waals surface area contributed by atoms with Crippen LogP contribution in [0.25, 0.3) is 10.8 Å². The average molecular weight is 519 g/mol. The van der Waals surface area contributed by atoms with Crippen molar-refractivity contribution < 1.29 is 14.3 Å². The van der Waals surface area contributed by atoms with E-state index < -0.39 is 0 Å². The molecule has 0 atom stereocenters. The first-order valence-electron chi connectivity index (χ1n) is 11.2. The molecular weight excluding hydrogens is 487 g/mol. The number of methoxy groups -OCH3 is 1. The van der Waals surface area contributed by atoms with Crippen LogP contribution in [0.1, 0.15) is 24.0 Å². The van der Waals surface area contributed by atoms with E-state index in [1.165, 1.54) is 7.11 Å². The molecule has 0 saturated carbocycles. The summed E-state index contributed by atoms with van der Waals surface area (Å²) in [5.74, 6) is 0.723. The number of hydrogen-bond donors (Lipinski definition) is 3. The third-order valence-electron chi connectivity index (χ3n) is 5.86. The molecule has 0 spiro atoms. The Bertz CT molecular complexity index is 1140. The molecule has 1 saturated heterocycles. The maximum atomic E-state index is 12.9. The van der Waals surface area contributed by atoms with Crippen LogP contribution in [-0.4, -0.2) is 44.7 Å². The number of benzene rings is 3. The van der Waals surface area contributed by atoms with Crippen molar-refractivity contribution in [2.75, 3.05) is 31.7 Å². The number of amides is 1. The van der Waals surface area contributed by atoms with Crippen LogP contribution in [0.3, 0.4) is 0 Å². The van der Waals surface area contributed by atoms with Gasteiger partial charge < -0.3 is 25.4 Å². The Morgan fingerprint density at radius 2 is 1.71 bits per heavy atom. The van der Waals surface area contributed by atoms with E-state index in [4.69, 9.17) is 20.6 Å². The predicted molar refractivity (Wildman–Crippen MR) is 145 cm³/mol. The van der Waals surface area contributed by atoms with Gasteiger partial charge in [-0.3, -0.25) is 10.2 Å². The van der Waals surface area contributed by atoms with E-state index >= 15 is 0 Å². The highest BCUT2D eigenvalue weighted by molar-refractivity contribution is 5.99. The molecule has 7 nitrogen and oxygen atoms in total. The number of nitrogen functional groups attached to an aromatic ring is 1. The first kappa shape index (κ1) is 28.4. The number of nitrogens with one attached hydrogen (secondary N) is 2. The number of rotatable bonds is 8. The lowest BCUT2D eigenvalue weighted by atomic mass is 10.0. The summed E-state index contributed by atoms with van der Waals surface area (Å²) in [4.78, 5) is 14.6. The number of anilines is 1. The van der Waals surface area contributed by atoms with Gasteiger partial charge >= 0.3 is 0 Å². The van der Waals surface area contributed by atoms with Gasteiger partial charge in [0.15, 0.2) is 0 Å². The van der Waals surface area contributed by atoms with Crippen molar-refractivity contribution >= 4 is 53.0 Å². The number of halogens is 2. The van der Waals surface area contributed by atoms with E-state index in [0.717, 1.165) is 53.7 Å². The molecule has 4 N–H and O–H groups in total. The van der Waals surface area contributed by atoms with Crippen LogP contribution in [-0.2, 0) is 16.1 Å². The monoisotopic (exact) mass is 518 g/mol. The van der Waals surface area contributed by atoms with E-state index in [9.17, 15) is 4.79 Å². The van der Waals surface area contributed by atoms with Crippen LogP contribution in [0.4, 0.5) is 5.69 Å². The fraction of sp³-hybridized carbons (Fsp3) is 0.308. The van der Waals surface area contributed by atoms with Crippen molar-refractivity contribution in [2.45, 2.75) is 25.5 Å². The molecule has 35 heavy (non-hydrogen) atoms. The van der Waals surface area contributed by atoms with E-state index in [-0.39, 0.29) is 49.3 Å². The van der Waals surface area contributed by atoms with Crippen molar-refractivity contribution in [3.63, 3.8) is 0 Å². The summed E-state index contributed by atoms with van der Waals surface area (Å²) in [6.07, 6.45) is 2.21. The molecule has 1 aliphatic rings. The van der Waals surface area contributed by atoms with Gasteiger partial charge in [0.05, 0.1) is 6.54 Å². The van der Waals surface area contributed by atoms with Gasteiger partial charge in [0, 0.05) is 18.4 Å². The third kappa shape index (κ3) is 7.32. The molecule has 9 heteroatoms. The van der Waals surface area contributed by atoms with Crippen molar-refractivity contribution in [3.05, 3.63) is 71.8 Å². The summed E-state index contributed by atoms with van der Waals surface area (Å²) in [5, 5.41) is 13.1. The molecule has 1 fully saturated rings. The fourth-order valence-corrected chi connectivity index (χ4v) is 4.08. The minimum Gasteiger partial charge on any atom is -0.490 e. The number of carbonyl (C=O) groups excluding carboxylic acids is 1. The first-order chi connectivity index (χ1) is 16.0. The number of piperidine rings is 1. The molecule has 3 aromatic rings. The van der Waals surface area contributed by atoms with Gasteiger partial charge in [-0.2, -0.15) is 0 Å². The Morgan fingerprint density at radius 3 is 2.37 bits per heavy atom. The number of amidine groups is 1. The van der Waals surface area contributed by atoms with Gasteiger partial charge in [0.1, 0.15) is 24.3 Å². The normalized spacial score (nSPS) is 13.4. The highest BCUT2D eigenvalue weighted by Gasteiger charge is 2.18. The molecule has 0 bridgehead atoms. The second kappa shape index (κ2) is 13.3. The summed E-state index contributed by atoms with van der Waals surface area (Å²) in [7, 11) is 1.52. The minimum absolute atomic E-state index is 0. The topological polar surface area (TPSA) is 101 Å². The quantitative estimate of drug-likeness (QED) is 0.305. The highest BCUT2D eigenvalue weighted by atomic mass is 35.5. The van der Waals surface area contributed by atoms with Crippen LogP contribution in [0.15, 0.2) is 60.7 Å². The first-order valence-corrected chi connectivity index (χ1v) is 11.2. The van der Waals surface area contributed by atoms with Gasteiger partial charge in [-0.25, -0.2) is 0 Å². The second-order valence-electron chi connectivity index (χ2n) is 8.28. The highest BCUT2D eigenvalue weighted by Crippen LogP contribution is 2.25. The zero-order valence-electron chi connectivity index (χ0n) is 19.7. The van der Waals surface area contributed by atoms with Gasteiger partial charge in [0.25, 0.3) is 5.91 Å². The second-order valence-corrected chi connectivity index (χ2v) is 8.28. The number of fused-ring (bicyclic) bond motifs is 1. The third-order valence-corrected chi connectivity index (χ3v) is 5.86. The predicted octanol–water partition coefficient (Wildman–Crippen LogP) is 4.28. The Morgan fingerprint density at radius 1 is 1.03 bits per heavy atom. The zero-order chi connectivity index (χ0) is 23.2. The van der Waals surface area contributed by atoms with Gasteiger partial charge in [-0.15, -0.1) is 24.8 Å². The minimum atomic E-state index is -0.123. The number of ether oxygens (including phenoxy) is 2. The summed E-state index contributed by atoms with van der Waals surface area (Å²) in [6, 6.07) is 19.4. The number of nitrogens with zero attached hydrogens (tertiary/aromatic N) is 1. The Hall–Kier alpha value is -2.84. The van der Waals surface area contributed by atoms with Gasteiger partial charge in [-0.1, -0.05) is 24.3 Å². The zero-order valence-corrected chi connectivity index (χ0v) is 21.3. The lowest BCUT2D eigenvalue weighted by Gasteiger charge is -2.25. The maximum absolute atomic E-state index is 12.9. The van der Waals surface area contributed by atoms with E-state index in [2.05, 4.69) is 5.32 Å². The summed E-state index contributed by atoms with van der Waals surface area (Å²) in [6.45, 7) is 2.34. The van der Waals surface area contributed by atoms with Crippen LogP contribution in [0.5, 0.6) is 5.75 Å². The van der Waals surface area contributed by atoms with Crippen molar-refractivity contribution in [2.24, 2.45) is 5.73 Å².